The maximum absolute atomic E-state index is 6.14. The van der Waals surface area contributed by atoms with E-state index in [0.717, 1.165) is 12.6 Å². The van der Waals surface area contributed by atoms with E-state index in [4.69, 9.17) is 5.73 Å². The lowest BCUT2D eigenvalue weighted by molar-refractivity contribution is 0.125. The third-order valence-electron chi connectivity index (χ3n) is 3.64. The number of hydrogen-bond acceptors (Lipinski definition) is 3. The molecule has 0 aromatic rings. The fourth-order valence-electron chi connectivity index (χ4n) is 2.36. The second-order valence-electron chi connectivity index (χ2n) is 5.36. The molecule has 0 amide bonds. The highest BCUT2D eigenvalue weighted by Gasteiger charge is 2.40. The minimum absolute atomic E-state index is 0.189. The fraction of sp³-hybridized carbons (Fsp3) is 1.00. The summed E-state index contributed by atoms with van der Waals surface area (Å²) in [7, 11) is 4.37. The first-order valence-corrected chi connectivity index (χ1v) is 5.77. The van der Waals surface area contributed by atoms with E-state index in [1.54, 1.807) is 0 Å². The molecule has 2 fully saturated rings. The van der Waals surface area contributed by atoms with E-state index >= 15 is 0 Å². The Kier molecular flexibility index (Phi) is 2.82. The Hall–Kier alpha value is -0.120. The van der Waals surface area contributed by atoms with Crippen LogP contribution in [0.25, 0.3) is 0 Å². The van der Waals surface area contributed by atoms with Crippen LogP contribution in [0.4, 0.5) is 0 Å². The molecule has 0 spiro atoms. The third kappa shape index (κ3) is 2.47. The van der Waals surface area contributed by atoms with E-state index in [1.165, 1.54) is 38.8 Å². The normalized spacial score (nSPS) is 32.1. The summed E-state index contributed by atoms with van der Waals surface area (Å²) in [6.45, 7) is 3.59. The van der Waals surface area contributed by atoms with E-state index in [-0.39, 0.29) is 5.54 Å². The summed E-state index contributed by atoms with van der Waals surface area (Å²) in [5.41, 5.74) is 6.33. The number of hydrogen-bond donors (Lipinski definition) is 1. The summed E-state index contributed by atoms with van der Waals surface area (Å²) in [5.74, 6) is 0. The van der Waals surface area contributed by atoms with Gasteiger partial charge in [-0.3, -0.25) is 4.90 Å². The van der Waals surface area contributed by atoms with Crippen LogP contribution in [0, 0.1) is 0 Å². The number of piperidine rings is 1. The molecular weight excluding hydrogens is 174 g/mol. The Balaban J connectivity index is 1.81. The molecular formula is C11H23N3. The molecule has 2 rings (SSSR count). The monoisotopic (exact) mass is 197 g/mol. The van der Waals surface area contributed by atoms with Crippen LogP contribution >= 0.6 is 0 Å². The Morgan fingerprint density at radius 2 is 2.14 bits per heavy atom. The van der Waals surface area contributed by atoms with Gasteiger partial charge in [0, 0.05) is 24.7 Å². The molecule has 14 heavy (non-hydrogen) atoms. The van der Waals surface area contributed by atoms with E-state index in [9.17, 15) is 0 Å². The Morgan fingerprint density at radius 3 is 2.71 bits per heavy atom. The van der Waals surface area contributed by atoms with Crippen LogP contribution in [0.3, 0.4) is 0 Å². The summed E-state index contributed by atoms with van der Waals surface area (Å²) < 4.78 is 0. The number of rotatable bonds is 3. The van der Waals surface area contributed by atoms with Gasteiger partial charge in [-0.25, -0.2) is 0 Å². The van der Waals surface area contributed by atoms with Crippen molar-refractivity contribution in [3.63, 3.8) is 0 Å². The van der Waals surface area contributed by atoms with Gasteiger partial charge in [-0.05, 0) is 46.3 Å². The molecule has 82 valence electrons. The van der Waals surface area contributed by atoms with E-state index in [2.05, 4.69) is 23.9 Å². The highest BCUT2D eigenvalue weighted by molar-refractivity contribution is 5.01. The summed E-state index contributed by atoms with van der Waals surface area (Å²) >= 11 is 0. The smallest absolute Gasteiger partial charge is 0.0284 e. The molecule has 0 bridgehead atoms. The molecule has 1 aliphatic heterocycles. The van der Waals surface area contributed by atoms with Crippen LogP contribution in [0.1, 0.15) is 25.7 Å². The maximum atomic E-state index is 6.14. The summed E-state index contributed by atoms with van der Waals surface area (Å²) in [6, 6.07) is 0.742. The van der Waals surface area contributed by atoms with Crippen molar-refractivity contribution in [2.24, 2.45) is 5.73 Å². The van der Waals surface area contributed by atoms with Gasteiger partial charge in [-0.2, -0.15) is 0 Å². The molecule has 0 aromatic carbocycles. The summed E-state index contributed by atoms with van der Waals surface area (Å²) in [5, 5.41) is 0. The second-order valence-corrected chi connectivity index (χ2v) is 5.36. The van der Waals surface area contributed by atoms with Crippen molar-refractivity contribution in [2.75, 3.05) is 33.7 Å². The fourth-order valence-corrected chi connectivity index (χ4v) is 2.36. The summed E-state index contributed by atoms with van der Waals surface area (Å²) in [4.78, 5) is 4.91. The molecule has 2 aliphatic rings. The molecule has 1 heterocycles. The lowest BCUT2D eigenvalue weighted by Crippen LogP contribution is -2.49. The van der Waals surface area contributed by atoms with Crippen molar-refractivity contribution in [1.29, 1.82) is 0 Å². The second kappa shape index (κ2) is 3.80. The predicted octanol–water partition coefficient (Wildman–Crippen LogP) is 0.504. The zero-order valence-corrected chi connectivity index (χ0v) is 9.50. The molecule has 1 saturated carbocycles. The number of nitrogens with zero attached hydrogens (tertiary/aromatic N) is 2. The minimum atomic E-state index is 0.189. The first-order chi connectivity index (χ1) is 6.59. The van der Waals surface area contributed by atoms with Gasteiger partial charge in [0.25, 0.3) is 0 Å². The van der Waals surface area contributed by atoms with Crippen LogP contribution in [0.2, 0.25) is 0 Å². The van der Waals surface area contributed by atoms with Crippen LogP contribution in [-0.4, -0.2) is 55.1 Å². The van der Waals surface area contributed by atoms with Gasteiger partial charge in [0.05, 0.1) is 0 Å². The highest BCUT2D eigenvalue weighted by atomic mass is 15.2. The molecule has 2 N–H and O–H groups in total. The maximum Gasteiger partial charge on any atom is 0.0284 e. The van der Waals surface area contributed by atoms with Gasteiger partial charge < -0.3 is 10.6 Å². The van der Waals surface area contributed by atoms with E-state index in [1.807, 2.05) is 0 Å². The minimum Gasteiger partial charge on any atom is -0.324 e. The number of nitrogens with two attached hydrogens (primary N) is 1. The van der Waals surface area contributed by atoms with Crippen LogP contribution in [0.5, 0.6) is 0 Å². The molecule has 3 nitrogen and oxygen atoms in total. The highest BCUT2D eigenvalue weighted by Crippen LogP contribution is 2.33. The van der Waals surface area contributed by atoms with Gasteiger partial charge in [0.2, 0.25) is 0 Å². The van der Waals surface area contributed by atoms with Crippen molar-refractivity contribution in [3.05, 3.63) is 0 Å². The number of likely N-dealkylation sites (N-methyl/N-ethyl adjacent to an activating group) is 1. The van der Waals surface area contributed by atoms with Gasteiger partial charge in [0.15, 0.2) is 0 Å². The van der Waals surface area contributed by atoms with Crippen molar-refractivity contribution in [3.8, 4) is 0 Å². The zero-order valence-electron chi connectivity index (χ0n) is 9.50. The average molecular weight is 197 g/mol. The van der Waals surface area contributed by atoms with Crippen LogP contribution < -0.4 is 5.73 Å². The largest absolute Gasteiger partial charge is 0.324 e. The Labute approximate surface area is 87.2 Å². The van der Waals surface area contributed by atoms with Gasteiger partial charge in [0.1, 0.15) is 0 Å². The lowest BCUT2D eigenvalue weighted by Gasteiger charge is -2.37. The molecule has 1 atom stereocenters. The van der Waals surface area contributed by atoms with E-state index in [0.29, 0.717) is 0 Å². The zero-order chi connectivity index (χ0) is 10.2. The molecule has 1 unspecified atom stereocenters. The molecule has 1 saturated heterocycles. The Bertz CT molecular complexity index is 199. The molecule has 3 heteroatoms. The predicted molar refractivity (Wildman–Crippen MR) is 59.3 cm³/mol. The van der Waals surface area contributed by atoms with E-state index < -0.39 is 0 Å². The summed E-state index contributed by atoms with van der Waals surface area (Å²) in [6.07, 6.45) is 5.15. The lowest BCUT2D eigenvalue weighted by atomic mass is 10.0. The van der Waals surface area contributed by atoms with Gasteiger partial charge in [-0.15, -0.1) is 0 Å². The Morgan fingerprint density at radius 1 is 1.43 bits per heavy atom. The first-order valence-electron chi connectivity index (χ1n) is 5.77. The SMILES string of the molecule is CN(C)C1CCCN(CC2(N)CC2)C1. The topological polar surface area (TPSA) is 32.5 Å². The van der Waals surface area contributed by atoms with Crippen LogP contribution in [-0.2, 0) is 0 Å². The van der Waals surface area contributed by atoms with Gasteiger partial charge in [-0.1, -0.05) is 0 Å². The first kappa shape index (κ1) is 10.4. The molecule has 0 radical (unpaired) electrons. The van der Waals surface area contributed by atoms with Crippen molar-refractivity contribution in [2.45, 2.75) is 37.3 Å². The van der Waals surface area contributed by atoms with Crippen molar-refractivity contribution < 1.29 is 0 Å². The van der Waals surface area contributed by atoms with Gasteiger partial charge >= 0.3 is 0 Å². The average Bonchev–Trinajstić information content (AvgIpc) is 2.83. The molecule has 1 aliphatic carbocycles. The van der Waals surface area contributed by atoms with Crippen molar-refractivity contribution >= 4 is 0 Å². The standard InChI is InChI=1S/C11H23N3/c1-13(2)10-4-3-7-14(8-10)9-11(12)5-6-11/h10H,3-9,12H2,1-2H3. The van der Waals surface area contributed by atoms with Crippen molar-refractivity contribution in [1.82, 2.24) is 9.80 Å². The quantitative estimate of drug-likeness (QED) is 0.715. The van der Waals surface area contributed by atoms with Crippen LogP contribution in [0.15, 0.2) is 0 Å². The molecule has 0 aromatic heterocycles. The number of likely N-dealkylation sites (tertiary alicyclic amines) is 1. The third-order valence-corrected chi connectivity index (χ3v) is 3.64.